The van der Waals surface area contributed by atoms with E-state index >= 15 is 0 Å². The van der Waals surface area contributed by atoms with Gasteiger partial charge in [-0.05, 0) is 37.6 Å². The molecular formula is C17H22Cl2N4O2. The van der Waals surface area contributed by atoms with Crippen molar-refractivity contribution in [3.63, 3.8) is 0 Å². The standard InChI is InChI=1S/C17H21ClN4O2.ClH/c1-24-16-9-13(18)5-4-12(16)10-20-17(23)15-6-8-22(21-15)14-3-2-7-19-11-14;/h4-6,8-9,14,19H,2-3,7,10-11H2,1H3,(H,20,23);1H. The van der Waals surface area contributed by atoms with Crippen LogP contribution >= 0.6 is 24.0 Å². The Morgan fingerprint density at radius 1 is 1.48 bits per heavy atom. The molecule has 0 aliphatic carbocycles. The molecule has 1 fully saturated rings. The van der Waals surface area contributed by atoms with Crippen LogP contribution in [0.25, 0.3) is 0 Å². The predicted octanol–water partition coefficient (Wildman–Crippen LogP) is 2.82. The van der Waals surface area contributed by atoms with Gasteiger partial charge < -0.3 is 15.4 Å². The molecule has 1 amide bonds. The Hall–Kier alpha value is -1.76. The third-order valence-corrected chi connectivity index (χ3v) is 4.41. The van der Waals surface area contributed by atoms with Crippen molar-refractivity contribution in [2.45, 2.75) is 25.4 Å². The molecule has 1 aliphatic heterocycles. The summed E-state index contributed by atoms with van der Waals surface area (Å²) in [5, 5.41) is 11.2. The van der Waals surface area contributed by atoms with Gasteiger partial charge in [0.15, 0.2) is 0 Å². The average molecular weight is 385 g/mol. The lowest BCUT2D eigenvalue weighted by molar-refractivity contribution is 0.0944. The minimum absolute atomic E-state index is 0. The Labute approximate surface area is 158 Å². The minimum atomic E-state index is -0.200. The Kier molecular flexibility index (Phi) is 7.11. The summed E-state index contributed by atoms with van der Waals surface area (Å²) >= 11 is 5.95. The molecule has 2 aromatic rings. The van der Waals surface area contributed by atoms with E-state index in [0.717, 1.165) is 31.5 Å². The van der Waals surface area contributed by atoms with E-state index in [1.54, 1.807) is 25.3 Å². The topological polar surface area (TPSA) is 68.2 Å². The zero-order valence-corrected chi connectivity index (χ0v) is 15.6. The maximum Gasteiger partial charge on any atom is 0.272 e. The van der Waals surface area contributed by atoms with Crippen LogP contribution in [0.3, 0.4) is 0 Å². The van der Waals surface area contributed by atoms with Crippen LogP contribution in [0.15, 0.2) is 30.5 Å². The highest BCUT2D eigenvalue weighted by atomic mass is 35.5. The molecule has 0 bridgehead atoms. The SMILES string of the molecule is COc1cc(Cl)ccc1CNC(=O)c1ccn(C2CCCNC2)n1.Cl. The van der Waals surface area contributed by atoms with Gasteiger partial charge in [-0.25, -0.2) is 0 Å². The normalized spacial score (nSPS) is 16.8. The maximum atomic E-state index is 12.3. The van der Waals surface area contributed by atoms with Gasteiger partial charge in [-0.3, -0.25) is 9.48 Å². The van der Waals surface area contributed by atoms with Gasteiger partial charge in [-0.2, -0.15) is 5.10 Å². The van der Waals surface area contributed by atoms with Gasteiger partial charge >= 0.3 is 0 Å². The highest BCUT2D eigenvalue weighted by Crippen LogP contribution is 2.23. The van der Waals surface area contributed by atoms with E-state index < -0.39 is 0 Å². The molecule has 1 aromatic carbocycles. The fourth-order valence-corrected chi connectivity index (χ4v) is 3.01. The van der Waals surface area contributed by atoms with Gasteiger partial charge in [-0.1, -0.05) is 17.7 Å². The van der Waals surface area contributed by atoms with Crippen molar-refractivity contribution in [2.24, 2.45) is 0 Å². The number of piperidine rings is 1. The van der Waals surface area contributed by atoms with E-state index in [-0.39, 0.29) is 18.3 Å². The van der Waals surface area contributed by atoms with Crippen LogP contribution < -0.4 is 15.4 Å². The zero-order chi connectivity index (χ0) is 16.9. The number of nitrogens with zero attached hydrogens (tertiary/aromatic N) is 2. The number of ether oxygens (including phenoxy) is 1. The molecule has 0 spiro atoms. The first-order valence-electron chi connectivity index (χ1n) is 8.04. The van der Waals surface area contributed by atoms with Crippen LogP contribution in [-0.4, -0.2) is 35.9 Å². The van der Waals surface area contributed by atoms with E-state index in [4.69, 9.17) is 16.3 Å². The summed E-state index contributed by atoms with van der Waals surface area (Å²) in [6.45, 7) is 2.30. The van der Waals surface area contributed by atoms with Crippen LogP contribution in [-0.2, 0) is 6.54 Å². The summed E-state index contributed by atoms with van der Waals surface area (Å²) in [6, 6.07) is 7.41. The van der Waals surface area contributed by atoms with E-state index in [1.165, 1.54) is 0 Å². The molecule has 1 saturated heterocycles. The molecule has 2 heterocycles. The first-order chi connectivity index (χ1) is 11.7. The first kappa shape index (κ1) is 19.6. The fourth-order valence-electron chi connectivity index (χ4n) is 2.85. The monoisotopic (exact) mass is 384 g/mol. The number of rotatable bonds is 5. The van der Waals surface area contributed by atoms with E-state index in [0.29, 0.717) is 29.1 Å². The molecule has 6 nitrogen and oxygen atoms in total. The molecule has 25 heavy (non-hydrogen) atoms. The minimum Gasteiger partial charge on any atom is -0.496 e. The molecule has 3 rings (SSSR count). The molecule has 8 heteroatoms. The average Bonchev–Trinajstić information content (AvgIpc) is 3.11. The number of carbonyl (C=O) groups excluding carboxylic acids is 1. The molecule has 1 aliphatic rings. The van der Waals surface area contributed by atoms with Gasteiger partial charge in [0.05, 0.1) is 13.2 Å². The van der Waals surface area contributed by atoms with Crippen LogP contribution in [0.5, 0.6) is 5.75 Å². The number of hydrogen-bond acceptors (Lipinski definition) is 4. The second kappa shape index (κ2) is 9.08. The highest BCUT2D eigenvalue weighted by molar-refractivity contribution is 6.30. The number of aromatic nitrogens is 2. The molecule has 0 saturated carbocycles. The molecule has 1 atom stereocenters. The van der Waals surface area contributed by atoms with Crippen LogP contribution in [0.4, 0.5) is 0 Å². The van der Waals surface area contributed by atoms with Crippen molar-refractivity contribution in [2.75, 3.05) is 20.2 Å². The fraction of sp³-hybridized carbons (Fsp3) is 0.412. The lowest BCUT2D eigenvalue weighted by atomic mass is 10.1. The number of amides is 1. The van der Waals surface area contributed by atoms with Crippen molar-refractivity contribution in [3.05, 3.63) is 46.7 Å². The molecule has 1 aromatic heterocycles. The Morgan fingerprint density at radius 2 is 2.32 bits per heavy atom. The Morgan fingerprint density at radius 3 is 3.04 bits per heavy atom. The lowest BCUT2D eigenvalue weighted by Crippen LogP contribution is -2.32. The number of methoxy groups -OCH3 is 1. The van der Waals surface area contributed by atoms with Gasteiger partial charge in [0.2, 0.25) is 0 Å². The third-order valence-electron chi connectivity index (χ3n) is 4.17. The van der Waals surface area contributed by atoms with Gasteiger partial charge in [-0.15, -0.1) is 12.4 Å². The zero-order valence-electron chi connectivity index (χ0n) is 14.0. The van der Waals surface area contributed by atoms with Gasteiger partial charge in [0.25, 0.3) is 5.91 Å². The summed E-state index contributed by atoms with van der Waals surface area (Å²) in [5.41, 5.74) is 1.29. The quantitative estimate of drug-likeness (QED) is 0.831. The second-order valence-electron chi connectivity index (χ2n) is 5.82. The number of nitrogens with one attached hydrogen (secondary N) is 2. The highest BCUT2D eigenvalue weighted by Gasteiger charge is 2.17. The number of benzene rings is 1. The number of hydrogen-bond donors (Lipinski definition) is 2. The number of carbonyl (C=O) groups is 1. The molecule has 136 valence electrons. The summed E-state index contributed by atoms with van der Waals surface area (Å²) in [5.74, 6) is 0.455. The summed E-state index contributed by atoms with van der Waals surface area (Å²) in [4.78, 5) is 12.3. The van der Waals surface area contributed by atoms with Crippen molar-refractivity contribution < 1.29 is 9.53 Å². The molecule has 0 radical (unpaired) electrons. The second-order valence-corrected chi connectivity index (χ2v) is 6.26. The van der Waals surface area contributed by atoms with Crippen molar-refractivity contribution in [3.8, 4) is 5.75 Å². The maximum absolute atomic E-state index is 12.3. The third kappa shape index (κ3) is 4.87. The summed E-state index contributed by atoms with van der Waals surface area (Å²) < 4.78 is 7.16. The van der Waals surface area contributed by atoms with Crippen LogP contribution in [0, 0.1) is 0 Å². The van der Waals surface area contributed by atoms with Crippen molar-refractivity contribution >= 4 is 29.9 Å². The number of halogens is 2. The summed E-state index contributed by atoms with van der Waals surface area (Å²) in [6.07, 6.45) is 4.08. The van der Waals surface area contributed by atoms with Crippen LogP contribution in [0.2, 0.25) is 5.02 Å². The van der Waals surface area contributed by atoms with Gasteiger partial charge in [0.1, 0.15) is 11.4 Å². The molecule has 1 unspecified atom stereocenters. The largest absolute Gasteiger partial charge is 0.496 e. The first-order valence-corrected chi connectivity index (χ1v) is 8.41. The Balaban J connectivity index is 0.00000225. The lowest BCUT2D eigenvalue weighted by Gasteiger charge is -2.22. The van der Waals surface area contributed by atoms with Crippen molar-refractivity contribution in [1.82, 2.24) is 20.4 Å². The molecular weight excluding hydrogens is 363 g/mol. The van der Waals surface area contributed by atoms with E-state index in [1.807, 2.05) is 16.9 Å². The van der Waals surface area contributed by atoms with E-state index in [2.05, 4.69) is 15.7 Å². The van der Waals surface area contributed by atoms with Crippen molar-refractivity contribution in [1.29, 1.82) is 0 Å². The van der Waals surface area contributed by atoms with E-state index in [9.17, 15) is 4.79 Å². The smallest absolute Gasteiger partial charge is 0.272 e. The molecule has 2 N–H and O–H groups in total. The summed E-state index contributed by atoms with van der Waals surface area (Å²) in [7, 11) is 1.58. The van der Waals surface area contributed by atoms with Crippen LogP contribution in [0.1, 0.15) is 34.9 Å². The predicted molar refractivity (Wildman–Crippen MR) is 99.8 cm³/mol. The Bertz CT molecular complexity index is 714. The van der Waals surface area contributed by atoms with Gasteiger partial charge in [0, 0.05) is 29.9 Å².